The van der Waals surface area contributed by atoms with Gasteiger partial charge in [-0.3, -0.25) is 4.52 Å². The van der Waals surface area contributed by atoms with Crippen LogP contribution in [0.2, 0.25) is 0 Å². The summed E-state index contributed by atoms with van der Waals surface area (Å²) in [6.45, 7) is 3.68. The first-order valence-electron chi connectivity index (χ1n) is 12.8. The van der Waals surface area contributed by atoms with Gasteiger partial charge in [0.25, 0.3) is 0 Å². The van der Waals surface area contributed by atoms with Crippen LogP contribution >= 0.6 is 8.17 Å². The molecule has 0 amide bonds. The standard InChI is InChI=1S/C25H30N7O9P/c1-15(2)11-38-24(35)37-10-9-29-31-42(36)41-17-5-3-16(4-6-17)39-13-25(12-26)22(34)20(33)21(40-25)18-7-8-19-23(27)28-14-30-32(18)19/h3-8,14-15,20-22,29,33-34H,9-11,13H2,1-2H3,(H2,27,28,30)/t20-,21-,22-,25+/m0/s1. The molecule has 1 fully saturated rings. The number of nitrogens with zero attached hydrogens (tertiary/aromatic N) is 5. The van der Waals surface area contributed by atoms with Gasteiger partial charge in [0.05, 0.1) is 18.8 Å². The second kappa shape index (κ2) is 13.7. The summed E-state index contributed by atoms with van der Waals surface area (Å²) in [4.78, 5) is 31.0. The maximum atomic E-state index is 12.1. The smallest absolute Gasteiger partial charge is 0.508 e. The summed E-state index contributed by atoms with van der Waals surface area (Å²) in [6, 6.07) is 11.1. The van der Waals surface area contributed by atoms with Gasteiger partial charge in [-0.1, -0.05) is 13.8 Å². The molecule has 1 saturated heterocycles. The number of anilines is 1. The largest absolute Gasteiger partial charge is 0.574 e. The molecular weight excluding hydrogens is 573 g/mol. The highest BCUT2D eigenvalue weighted by molar-refractivity contribution is 7.33. The topological polar surface area (TPSA) is 231 Å². The average Bonchev–Trinajstić information content (AvgIpc) is 3.51. The lowest BCUT2D eigenvalue weighted by Crippen LogP contribution is -2.46. The van der Waals surface area contributed by atoms with Crippen molar-refractivity contribution in [2.75, 3.05) is 32.1 Å². The lowest BCUT2D eigenvalue weighted by atomic mass is 9.96. The molecule has 1 aliphatic rings. The van der Waals surface area contributed by atoms with Gasteiger partial charge in [-0.15, -0.1) is 0 Å². The maximum Gasteiger partial charge on any atom is 0.508 e. The summed E-state index contributed by atoms with van der Waals surface area (Å²) in [5.41, 5.74) is 7.30. The van der Waals surface area contributed by atoms with Crippen molar-refractivity contribution in [2.24, 2.45) is 10.8 Å². The third-order valence-electron chi connectivity index (χ3n) is 6.02. The second-order valence-corrected chi connectivity index (χ2v) is 10.4. The second-order valence-electron chi connectivity index (χ2n) is 9.58. The minimum atomic E-state index is -2.48. The molecule has 4 rings (SSSR count). The number of hydrogen-bond acceptors (Lipinski definition) is 14. The Bertz CT molecular complexity index is 1450. The Morgan fingerprint density at radius 3 is 2.74 bits per heavy atom. The summed E-state index contributed by atoms with van der Waals surface area (Å²) in [7, 11) is -2.48. The molecule has 1 aromatic carbocycles. The van der Waals surface area contributed by atoms with Crippen LogP contribution in [0.25, 0.3) is 5.52 Å². The number of hydrogen-bond donors (Lipinski definition) is 4. The number of aliphatic hydroxyl groups excluding tert-OH is 2. The van der Waals surface area contributed by atoms with E-state index in [4.69, 9.17) is 29.2 Å². The van der Waals surface area contributed by atoms with Crippen molar-refractivity contribution < 1.29 is 43.4 Å². The zero-order valence-corrected chi connectivity index (χ0v) is 23.6. The molecule has 5 N–H and O–H groups in total. The van der Waals surface area contributed by atoms with Crippen LogP contribution in [0.1, 0.15) is 25.6 Å². The Kier molecular flexibility index (Phi) is 10.1. The van der Waals surface area contributed by atoms with Crippen molar-refractivity contribution >= 4 is 25.7 Å². The third-order valence-corrected chi connectivity index (χ3v) is 6.69. The van der Waals surface area contributed by atoms with Gasteiger partial charge in [0.1, 0.15) is 55.2 Å². The molecule has 2 aromatic heterocycles. The summed E-state index contributed by atoms with van der Waals surface area (Å²) < 4.78 is 27.9. The molecular formula is C25H30N7O9P. The number of carbonyl (C=O) groups excluding carboxylic acids is 1. The van der Waals surface area contributed by atoms with E-state index >= 15 is 0 Å². The van der Waals surface area contributed by atoms with E-state index in [1.54, 1.807) is 12.1 Å². The molecule has 1 unspecified atom stereocenters. The molecule has 1 aliphatic heterocycles. The number of rotatable bonds is 12. The first-order valence-corrected chi connectivity index (χ1v) is 13.9. The fraction of sp³-hybridized carbons (Fsp3) is 0.440. The zero-order chi connectivity index (χ0) is 30.3. The van der Waals surface area contributed by atoms with E-state index < -0.39 is 44.8 Å². The third kappa shape index (κ3) is 7.21. The Balaban J connectivity index is 1.28. The highest BCUT2D eigenvalue weighted by atomic mass is 31.1. The fourth-order valence-corrected chi connectivity index (χ4v) is 4.50. The van der Waals surface area contributed by atoms with Gasteiger partial charge >= 0.3 is 14.3 Å². The van der Waals surface area contributed by atoms with Crippen LogP contribution in [-0.4, -0.2) is 75.1 Å². The average molecular weight is 604 g/mol. The van der Waals surface area contributed by atoms with E-state index in [0.29, 0.717) is 11.2 Å². The van der Waals surface area contributed by atoms with E-state index in [1.807, 2.05) is 19.9 Å². The number of fused-ring (bicyclic) bond motifs is 1. The number of benzene rings is 1. The van der Waals surface area contributed by atoms with Crippen LogP contribution in [0, 0.1) is 17.2 Å². The van der Waals surface area contributed by atoms with E-state index in [1.165, 1.54) is 35.1 Å². The predicted molar refractivity (Wildman–Crippen MR) is 144 cm³/mol. The van der Waals surface area contributed by atoms with Crippen LogP contribution < -0.4 is 25.3 Å². The SMILES string of the molecule is CC(C)COC(=O)OCCN/N=[P+](\[O-])Oc1ccc(OC[C@@]2(C#N)O[C@@H](c3ccc4c(N)ncnn34)[C@H](O)[C@@H]2O)cc1. The van der Waals surface area contributed by atoms with Crippen molar-refractivity contribution in [3.63, 3.8) is 0 Å². The van der Waals surface area contributed by atoms with Crippen LogP contribution in [0.15, 0.2) is 47.6 Å². The quantitative estimate of drug-likeness (QED) is 0.0979. The van der Waals surface area contributed by atoms with Crippen LogP contribution in [0.3, 0.4) is 0 Å². The van der Waals surface area contributed by atoms with Gasteiger partial charge in [0, 0.05) is 4.85 Å². The number of nitrogens with one attached hydrogen (secondary N) is 1. The summed E-state index contributed by atoms with van der Waals surface area (Å²) in [6.07, 6.45) is -3.72. The molecule has 16 nitrogen and oxygen atoms in total. The minimum Gasteiger partial charge on any atom is -0.574 e. The molecule has 0 saturated carbocycles. The maximum absolute atomic E-state index is 12.1. The predicted octanol–water partition coefficient (Wildman–Crippen LogP) is 0.994. The van der Waals surface area contributed by atoms with Gasteiger partial charge < -0.3 is 39.8 Å². The van der Waals surface area contributed by atoms with E-state index in [0.717, 1.165) is 0 Å². The van der Waals surface area contributed by atoms with Crippen molar-refractivity contribution in [2.45, 2.75) is 37.8 Å². The van der Waals surface area contributed by atoms with Crippen molar-refractivity contribution in [3.8, 4) is 17.6 Å². The molecule has 224 valence electrons. The van der Waals surface area contributed by atoms with Crippen molar-refractivity contribution in [3.05, 3.63) is 48.4 Å². The zero-order valence-electron chi connectivity index (χ0n) is 22.7. The van der Waals surface area contributed by atoms with Gasteiger partial charge in [0.15, 0.2) is 11.6 Å². The number of nitriles is 1. The molecule has 0 spiro atoms. The molecule has 42 heavy (non-hydrogen) atoms. The van der Waals surface area contributed by atoms with Crippen LogP contribution in [0.4, 0.5) is 10.6 Å². The number of carbonyl (C=O) groups is 1. The van der Waals surface area contributed by atoms with Crippen LogP contribution in [-0.2, 0) is 14.2 Å². The Hall–Kier alpha value is -4.10. The van der Waals surface area contributed by atoms with E-state index in [9.17, 15) is 25.2 Å². The van der Waals surface area contributed by atoms with Gasteiger partial charge in [-0.2, -0.15) is 15.8 Å². The number of nitrogen functional groups attached to an aromatic ring is 1. The molecule has 0 aliphatic carbocycles. The number of aliphatic hydroxyl groups is 2. The number of nitrogens with two attached hydrogens (primary N) is 1. The molecule has 17 heteroatoms. The Morgan fingerprint density at radius 1 is 1.29 bits per heavy atom. The Labute approximate surface area is 241 Å². The van der Waals surface area contributed by atoms with Crippen molar-refractivity contribution in [1.29, 1.82) is 5.26 Å². The first-order chi connectivity index (χ1) is 20.1. The van der Waals surface area contributed by atoms with E-state index in [2.05, 4.69) is 20.4 Å². The molecule has 5 atom stereocenters. The lowest BCUT2D eigenvalue weighted by Gasteiger charge is -2.24. The van der Waals surface area contributed by atoms with Gasteiger partial charge in [0.2, 0.25) is 5.60 Å². The summed E-state index contributed by atoms with van der Waals surface area (Å²) in [5, 5.41) is 35.5. The van der Waals surface area contributed by atoms with Crippen LogP contribution in [0.5, 0.6) is 11.5 Å². The molecule has 0 radical (unpaired) electrons. The lowest BCUT2D eigenvalue weighted by molar-refractivity contribution is -0.169. The number of ether oxygens (including phenoxy) is 4. The van der Waals surface area contributed by atoms with E-state index in [-0.39, 0.29) is 43.0 Å². The minimum absolute atomic E-state index is 0.0405. The summed E-state index contributed by atoms with van der Waals surface area (Å²) in [5.74, 6) is 0.899. The Morgan fingerprint density at radius 2 is 2.02 bits per heavy atom. The number of aromatic nitrogens is 3. The molecule has 3 aromatic rings. The highest BCUT2D eigenvalue weighted by Gasteiger charge is 2.56. The molecule has 0 bridgehead atoms. The van der Waals surface area contributed by atoms with Crippen molar-refractivity contribution in [1.82, 2.24) is 20.0 Å². The summed E-state index contributed by atoms with van der Waals surface area (Å²) >= 11 is 0. The fourth-order valence-electron chi connectivity index (χ4n) is 3.94. The molecule has 3 heterocycles. The first kappa shape index (κ1) is 30.8. The van der Waals surface area contributed by atoms with Gasteiger partial charge in [-0.25, -0.2) is 14.3 Å². The van der Waals surface area contributed by atoms with Gasteiger partial charge in [-0.05, 0) is 42.3 Å². The normalized spacial score (nSPS) is 22.2. The highest BCUT2D eigenvalue weighted by Crippen LogP contribution is 2.41. The monoisotopic (exact) mass is 603 g/mol.